The molecule has 0 aromatic heterocycles. The first-order valence-corrected chi connectivity index (χ1v) is 12.9. The zero-order valence-corrected chi connectivity index (χ0v) is 22.0. The summed E-state index contributed by atoms with van der Waals surface area (Å²) in [5.41, 5.74) is 2.35. The Balaban J connectivity index is 1.27. The van der Waals surface area contributed by atoms with Crippen molar-refractivity contribution in [3.05, 3.63) is 77.9 Å². The van der Waals surface area contributed by atoms with E-state index in [2.05, 4.69) is 29.0 Å². The molecule has 7 nitrogen and oxygen atoms in total. The van der Waals surface area contributed by atoms with Gasteiger partial charge in [-0.15, -0.1) is 0 Å². The average Bonchev–Trinajstić information content (AvgIpc) is 2.87. The van der Waals surface area contributed by atoms with E-state index in [1.807, 2.05) is 44.2 Å². The third-order valence-electron chi connectivity index (χ3n) is 7.18. The van der Waals surface area contributed by atoms with Crippen molar-refractivity contribution in [1.82, 2.24) is 10.2 Å². The second-order valence-corrected chi connectivity index (χ2v) is 10.1. The molecule has 1 amide bonds. The van der Waals surface area contributed by atoms with Crippen LogP contribution in [0, 0.1) is 12.8 Å². The summed E-state index contributed by atoms with van der Waals surface area (Å²) >= 11 is 0. The first-order chi connectivity index (χ1) is 17.7. The number of benzene rings is 3. The van der Waals surface area contributed by atoms with E-state index in [-0.39, 0.29) is 29.4 Å². The van der Waals surface area contributed by atoms with E-state index in [0.29, 0.717) is 23.1 Å². The zero-order chi connectivity index (χ0) is 26.5. The van der Waals surface area contributed by atoms with Crippen LogP contribution < -0.4 is 15.0 Å². The normalized spacial score (nSPS) is 17.7. The number of nitrogens with zero attached hydrogens (tertiary/aromatic N) is 2. The summed E-state index contributed by atoms with van der Waals surface area (Å²) in [6.07, 6.45) is 0. The molecule has 1 aliphatic rings. The number of piperazine rings is 1. The van der Waals surface area contributed by atoms with Gasteiger partial charge in [-0.3, -0.25) is 9.69 Å². The van der Waals surface area contributed by atoms with Crippen LogP contribution in [0.3, 0.4) is 0 Å². The second kappa shape index (κ2) is 11.6. The fourth-order valence-corrected chi connectivity index (χ4v) is 4.77. The highest BCUT2D eigenvalue weighted by Crippen LogP contribution is 2.33. The van der Waals surface area contributed by atoms with Crippen LogP contribution in [0.1, 0.15) is 36.7 Å². The maximum atomic E-state index is 12.9. The number of para-hydroxylation sites is 1. The Morgan fingerprint density at radius 2 is 1.78 bits per heavy atom. The van der Waals surface area contributed by atoms with Crippen molar-refractivity contribution in [2.45, 2.75) is 39.8 Å². The fourth-order valence-electron chi connectivity index (χ4n) is 4.77. The number of carbonyl (C=O) groups is 1. The molecule has 1 unspecified atom stereocenters. The topological polar surface area (TPSA) is 85.3 Å². The van der Waals surface area contributed by atoms with Gasteiger partial charge in [0.05, 0.1) is 0 Å². The molecule has 4 rings (SSSR count). The smallest absolute Gasteiger partial charge is 0.251 e. The first kappa shape index (κ1) is 26.4. The Kier molecular flexibility index (Phi) is 8.24. The van der Waals surface area contributed by atoms with Gasteiger partial charge in [-0.25, -0.2) is 0 Å². The summed E-state index contributed by atoms with van der Waals surface area (Å²) in [6, 6.07) is 20.0. The molecule has 1 heterocycles. The van der Waals surface area contributed by atoms with Crippen LogP contribution in [0.4, 0.5) is 5.69 Å². The van der Waals surface area contributed by atoms with Gasteiger partial charge in [-0.05, 0) is 74.7 Å². The molecular weight excluding hydrogens is 466 g/mol. The van der Waals surface area contributed by atoms with E-state index in [4.69, 9.17) is 4.74 Å². The molecule has 0 spiro atoms. The first-order valence-electron chi connectivity index (χ1n) is 12.9. The van der Waals surface area contributed by atoms with Crippen molar-refractivity contribution in [2.24, 2.45) is 5.92 Å². The number of nitrogens with one attached hydrogen (secondary N) is 1. The Morgan fingerprint density at radius 3 is 2.49 bits per heavy atom. The van der Waals surface area contributed by atoms with Gasteiger partial charge in [-0.1, -0.05) is 25.1 Å². The molecule has 3 aromatic rings. The molecule has 0 radical (unpaired) electrons. The van der Waals surface area contributed by atoms with E-state index in [1.165, 1.54) is 0 Å². The van der Waals surface area contributed by atoms with Gasteiger partial charge < -0.3 is 25.2 Å². The third-order valence-corrected chi connectivity index (χ3v) is 7.18. The molecule has 3 atom stereocenters. The molecule has 0 aliphatic carbocycles. The van der Waals surface area contributed by atoms with Gasteiger partial charge >= 0.3 is 0 Å². The Labute approximate surface area is 219 Å². The molecule has 0 saturated carbocycles. The summed E-state index contributed by atoms with van der Waals surface area (Å²) in [4.78, 5) is 17.6. The van der Waals surface area contributed by atoms with Crippen LogP contribution in [0.2, 0.25) is 0 Å². The van der Waals surface area contributed by atoms with Crippen molar-refractivity contribution in [1.29, 1.82) is 0 Å². The van der Waals surface area contributed by atoms with Crippen LogP contribution in [0.5, 0.6) is 23.0 Å². The number of carbonyl (C=O) groups excluding carboxylic acids is 1. The van der Waals surface area contributed by atoms with Crippen LogP contribution in [-0.4, -0.2) is 59.3 Å². The zero-order valence-electron chi connectivity index (χ0n) is 22.0. The minimum absolute atomic E-state index is 0.00655. The average molecular weight is 504 g/mol. The number of hydrogen-bond donors (Lipinski definition) is 3. The lowest BCUT2D eigenvalue weighted by molar-refractivity contribution is 0.0917. The van der Waals surface area contributed by atoms with Crippen molar-refractivity contribution in [2.75, 3.05) is 31.1 Å². The van der Waals surface area contributed by atoms with Crippen LogP contribution in [0.15, 0.2) is 66.7 Å². The Bertz CT molecular complexity index is 1210. The quantitative estimate of drug-likeness (QED) is 0.394. The van der Waals surface area contributed by atoms with E-state index >= 15 is 0 Å². The summed E-state index contributed by atoms with van der Waals surface area (Å²) in [7, 11) is 0. The molecular formula is C30H37N3O4. The van der Waals surface area contributed by atoms with Crippen molar-refractivity contribution in [3.8, 4) is 23.0 Å². The number of aryl methyl sites for hydroxylation is 1. The second-order valence-electron chi connectivity index (χ2n) is 10.1. The third kappa shape index (κ3) is 6.54. The maximum absolute atomic E-state index is 12.9. The van der Waals surface area contributed by atoms with Gasteiger partial charge in [0.1, 0.15) is 11.5 Å². The number of phenols is 2. The lowest BCUT2D eigenvalue weighted by Gasteiger charge is -2.42. The van der Waals surface area contributed by atoms with E-state index < -0.39 is 0 Å². The van der Waals surface area contributed by atoms with Gasteiger partial charge in [-0.2, -0.15) is 0 Å². The SMILES string of the molecule is Cc1cccc(Oc2ccc(C(=O)N[C@@H](C)C(C)CN3CCN(c4cccc(O)c4)[C@@H](C)C3)cc2)c1O. The number of ether oxygens (including phenoxy) is 1. The molecule has 1 fully saturated rings. The Hall–Kier alpha value is -3.71. The minimum Gasteiger partial charge on any atom is -0.508 e. The lowest BCUT2D eigenvalue weighted by atomic mass is 10.0. The van der Waals surface area contributed by atoms with E-state index in [0.717, 1.165) is 37.4 Å². The number of amides is 1. The molecule has 37 heavy (non-hydrogen) atoms. The van der Waals surface area contributed by atoms with Crippen molar-refractivity contribution < 1.29 is 19.7 Å². The fraction of sp³-hybridized carbons (Fsp3) is 0.367. The summed E-state index contributed by atoms with van der Waals surface area (Å²) in [5.74, 6) is 1.50. The molecule has 1 saturated heterocycles. The van der Waals surface area contributed by atoms with E-state index in [1.54, 1.807) is 36.4 Å². The van der Waals surface area contributed by atoms with Gasteiger partial charge in [0.25, 0.3) is 5.91 Å². The highest BCUT2D eigenvalue weighted by atomic mass is 16.5. The number of hydrogen-bond acceptors (Lipinski definition) is 6. The molecule has 3 aromatic carbocycles. The summed E-state index contributed by atoms with van der Waals surface area (Å²) in [5, 5.41) is 23.1. The number of phenolic OH excluding ortho intramolecular Hbond substituents is 2. The predicted octanol–water partition coefficient (Wildman–Crippen LogP) is 5.16. The largest absolute Gasteiger partial charge is 0.508 e. The van der Waals surface area contributed by atoms with E-state index in [9.17, 15) is 15.0 Å². The molecule has 0 bridgehead atoms. The highest BCUT2D eigenvalue weighted by Gasteiger charge is 2.26. The molecule has 7 heteroatoms. The van der Waals surface area contributed by atoms with Gasteiger partial charge in [0, 0.05) is 55.6 Å². The van der Waals surface area contributed by atoms with Gasteiger partial charge in [0.15, 0.2) is 11.5 Å². The minimum atomic E-state index is -0.119. The van der Waals surface area contributed by atoms with Crippen LogP contribution in [0.25, 0.3) is 0 Å². The van der Waals surface area contributed by atoms with Crippen molar-refractivity contribution in [3.63, 3.8) is 0 Å². The lowest BCUT2D eigenvalue weighted by Crippen LogP contribution is -2.54. The summed E-state index contributed by atoms with van der Waals surface area (Å²) < 4.78 is 5.78. The standard InChI is InChI=1S/C30H37N3O4/c1-20-7-5-10-28(29(20)35)37-27-13-11-24(12-14-27)30(36)31-23(4)21(2)18-32-15-16-33(22(3)19-32)25-8-6-9-26(34)17-25/h5-14,17,21-23,34-35H,15-16,18-19H2,1-4H3,(H,31,36)/t21?,22-,23-/m0/s1. The monoisotopic (exact) mass is 503 g/mol. The maximum Gasteiger partial charge on any atom is 0.251 e. The number of anilines is 1. The molecule has 1 aliphatic heterocycles. The summed E-state index contributed by atoms with van der Waals surface area (Å²) in [6.45, 7) is 11.9. The number of rotatable bonds is 8. The number of aromatic hydroxyl groups is 2. The molecule has 3 N–H and O–H groups in total. The van der Waals surface area contributed by atoms with Crippen LogP contribution >= 0.6 is 0 Å². The Morgan fingerprint density at radius 1 is 1.05 bits per heavy atom. The highest BCUT2D eigenvalue weighted by molar-refractivity contribution is 5.94. The van der Waals surface area contributed by atoms with Crippen LogP contribution in [-0.2, 0) is 0 Å². The predicted molar refractivity (Wildman–Crippen MR) is 147 cm³/mol. The van der Waals surface area contributed by atoms with Crippen molar-refractivity contribution >= 4 is 11.6 Å². The molecule has 196 valence electrons. The van der Waals surface area contributed by atoms with Gasteiger partial charge in [0.2, 0.25) is 0 Å².